The highest BCUT2D eigenvalue weighted by Crippen LogP contribution is 2.19. The Hall–Kier alpha value is -2.25. The standard InChI is InChI=1S/C16H19F3N2O3/c17-16(18,19)15(23)21-9-4-8-20(10-11-21)14(22)7-12-24-13-5-2-1-3-6-13/h1-3,5-6H,4,7-12H2. The maximum absolute atomic E-state index is 12.5. The van der Waals surface area contributed by atoms with Crippen LogP contribution >= 0.6 is 0 Å². The van der Waals surface area contributed by atoms with E-state index in [9.17, 15) is 22.8 Å². The second-order valence-corrected chi connectivity index (χ2v) is 5.44. The van der Waals surface area contributed by atoms with Crippen molar-refractivity contribution in [3.05, 3.63) is 30.3 Å². The zero-order chi connectivity index (χ0) is 17.6. The number of amides is 2. The molecule has 0 N–H and O–H groups in total. The summed E-state index contributed by atoms with van der Waals surface area (Å²) >= 11 is 0. The summed E-state index contributed by atoms with van der Waals surface area (Å²) in [6, 6.07) is 9.04. The Labute approximate surface area is 138 Å². The van der Waals surface area contributed by atoms with E-state index in [2.05, 4.69) is 0 Å². The van der Waals surface area contributed by atoms with Crippen molar-refractivity contribution in [3.63, 3.8) is 0 Å². The van der Waals surface area contributed by atoms with E-state index in [0.717, 1.165) is 4.90 Å². The quantitative estimate of drug-likeness (QED) is 0.840. The summed E-state index contributed by atoms with van der Waals surface area (Å²) in [7, 11) is 0. The van der Waals surface area contributed by atoms with Gasteiger partial charge in [0.1, 0.15) is 5.75 Å². The van der Waals surface area contributed by atoms with Gasteiger partial charge in [-0.05, 0) is 18.6 Å². The summed E-state index contributed by atoms with van der Waals surface area (Å²) in [5, 5.41) is 0. The third kappa shape index (κ3) is 5.14. The van der Waals surface area contributed by atoms with Gasteiger partial charge < -0.3 is 14.5 Å². The lowest BCUT2D eigenvalue weighted by Crippen LogP contribution is -2.43. The lowest BCUT2D eigenvalue weighted by atomic mass is 10.3. The molecule has 8 heteroatoms. The second-order valence-electron chi connectivity index (χ2n) is 5.44. The molecule has 2 amide bonds. The van der Waals surface area contributed by atoms with Crippen molar-refractivity contribution in [1.82, 2.24) is 9.80 Å². The molecule has 0 unspecified atom stereocenters. The molecule has 1 aliphatic heterocycles. The Balaban J connectivity index is 1.78. The molecule has 0 spiro atoms. The van der Waals surface area contributed by atoms with E-state index >= 15 is 0 Å². The minimum atomic E-state index is -4.87. The molecule has 0 aliphatic carbocycles. The number of para-hydroxylation sites is 1. The number of ether oxygens (including phenoxy) is 1. The number of carbonyl (C=O) groups is 2. The molecule has 1 aromatic carbocycles. The third-order valence-corrected chi connectivity index (χ3v) is 3.71. The van der Waals surface area contributed by atoms with Crippen LogP contribution in [0.15, 0.2) is 30.3 Å². The van der Waals surface area contributed by atoms with Crippen LogP contribution in [0.25, 0.3) is 0 Å². The van der Waals surface area contributed by atoms with Crippen LogP contribution < -0.4 is 4.74 Å². The topological polar surface area (TPSA) is 49.9 Å². The van der Waals surface area contributed by atoms with Gasteiger partial charge in [-0.2, -0.15) is 13.2 Å². The van der Waals surface area contributed by atoms with Crippen molar-refractivity contribution in [2.45, 2.75) is 19.0 Å². The lowest BCUT2D eigenvalue weighted by molar-refractivity contribution is -0.185. The average Bonchev–Trinajstić information content (AvgIpc) is 2.80. The molecule has 0 saturated carbocycles. The van der Waals surface area contributed by atoms with Gasteiger partial charge in [0, 0.05) is 26.2 Å². The number of benzene rings is 1. The van der Waals surface area contributed by atoms with E-state index in [0.29, 0.717) is 18.7 Å². The van der Waals surface area contributed by atoms with Crippen LogP contribution in [0.3, 0.4) is 0 Å². The summed E-state index contributed by atoms with van der Waals surface area (Å²) < 4.78 is 42.8. The number of carbonyl (C=O) groups excluding carboxylic acids is 2. The maximum Gasteiger partial charge on any atom is 0.471 e. The minimum Gasteiger partial charge on any atom is -0.493 e. The van der Waals surface area contributed by atoms with Gasteiger partial charge in [-0.15, -0.1) is 0 Å². The normalized spacial score (nSPS) is 15.8. The van der Waals surface area contributed by atoms with Gasteiger partial charge in [0.15, 0.2) is 0 Å². The summed E-state index contributed by atoms with van der Waals surface area (Å²) in [6.07, 6.45) is -4.40. The first-order chi connectivity index (χ1) is 11.4. The number of rotatable bonds is 4. The van der Waals surface area contributed by atoms with Gasteiger partial charge in [-0.3, -0.25) is 9.59 Å². The van der Waals surface area contributed by atoms with Crippen LogP contribution in [0.5, 0.6) is 5.75 Å². The van der Waals surface area contributed by atoms with Crippen LogP contribution in [0.4, 0.5) is 13.2 Å². The second kappa shape index (κ2) is 8.03. The van der Waals surface area contributed by atoms with Gasteiger partial charge in [0.25, 0.3) is 0 Å². The Bertz CT molecular complexity index is 563. The first-order valence-corrected chi connectivity index (χ1v) is 7.69. The summed E-state index contributed by atoms with van der Waals surface area (Å²) in [6.45, 7) is 0.536. The Morgan fingerprint density at radius 3 is 2.29 bits per heavy atom. The molecule has 1 fully saturated rings. The highest BCUT2D eigenvalue weighted by Gasteiger charge is 2.42. The van der Waals surface area contributed by atoms with E-state index in [1.54, 1.807) is 12.1 Å². The van der Waals surface area contributed by atoms with Crippen molar-refractivity contribution < 1.29 is 27.5 Å². The van der Waals surface area contributed by atoms with Crippen molar-refractivity contribution in [2.24, 2.45) is 0 Å². The lowest BCUT2D eigenvalue weighted by Gasteiger charge is -2.23. The van der Waals surface area contributed by atoms with E-state index in [1.165, 1.54) is 4.90 Å². The number of nitrogens with zero attached hydrogens (tertiary/aromatic N) is 2. The molecule has 1 aliphatic rings. The SMILES string of the molecule is O=C(CCOc1ccccc1)N1CCCN(C(=O)C(F)(F)F)CC1. The first-order valence-electron chi connectivity index (χ1n) is 7.69. The fourth-order valence-electron chi connectivity index (χ4n) is 2.48. The van der Waals surface area contributed by atoms with Crippen LogP contribution in [-0.2, 0) is 9.59 Å². The summed E-state index contributed by atoms with van der Waals surface area (Å²) in [4.78, 5) is 25.6. The predicted molar refractivity (Wildman–Crippen MR) is 80.4 cm³/mol. The van der Waals surface area contributed by atoms with Crippen molar-refractivity contribution in [2.75, 3.05) is 32.8 Å². The monoisotopic (exact) mass is 344 g/mol. The zero-order valence-electron chi connectivity index (χ0n) is 13.1. The molecule has 2 rings (SSSR count). The summed E-state index contributed by atoms with van der Waals surface area (Å²) in [5.41, 5.74) is 0. The molecule has 0 bridgehead atoms. The molecule has 5 nitrogen and oxygen atoms in total. The Morgan fingerprint density at radius 1 is 1.00 bits per heavy atom. The minimum absolute atomic E-state index is 0.00262. The molecule has 1 aromatic rings. The maximum atomic E-state index is 12.5. The largest absolute Gasteiger partial charge is 0.493 e. The van der Waals surface area contributed by atoms with Gasteiger partial charge >= 0.3 is 12.1 Å². The fourth-order valence-corrected chi connectivity index (χ4v) is 2.48. The highest BCUT2D eigenvalue weighted by atomic mass is 19.4. The predicted octanol–water partition coefficient (Wildman–Crippen LogP) is 2.08. The highest BCUT2D eigenvalue weighted by molar-refractivity contribution is 5.82. The van der Waals surface area contributed by atoms with E-state index in [4.69, 9.17) is 4.74 Å². The molecule has 132 valence electrons. The molecule has 1 saturated heterocycles. The average molecular weight is 344 g/mol. The van der Waals surface area contributed by atoms with Gasteiger partial charge in [0.05, 0.1) is 13.0 Å². The Morgan fingerprint density at radius 2 is 1.62 bits per heavy atom. The van der Waals surface area contributed by atoms with Crippen molar-refractivity contribution in [1.29, 1.82) is 0 Å². The molecule has 0 radical (unpaired) electrons. The number of alkyl halides is 3. The Kier molecular flexibility index (Phi) is 6.05. The molecule has 24 heavy (non-hydrogen) atoms. The van der Waals surface area contributed by atoms with Crippen LogP contribution in [0.2, 0.25) is 0 Å². The number of hydrogen-bond donors (Lipinski definition) is 0. The molecule has 0 atom stereocenters. The first kappa shape index (κ1) is 18.1. The van der Waals surface area contributed by atoms with E-state index < -0.39 is 12.1 Å². The van der Waals surface area contributed by atoms with Crippen LogP contribution in [0.1, 0.15) is 12.8 Å². The molecule has 0 aromatic heterocycles. The van der Waals surface area contributed by atoms with E-state index in [-0.39, 0.29) is 38.6 Å². The molecular weight excluding hydrogens is 325 g/mol. The van der Waals surface area contributed by atoms with Crippen molar-refractivity contribution >= 4 is 11.8 Å². The van der Waals surface area contributed by atoms with Gasteiger partial charge in [-0.25, -0.2) is 0 Å². The van der Waals surface area contributed by atoms with Gasteiger partial charge in [0.2, 0.25) is 5.91 Å². The zero-order valence-corrected chi connectivity index (χ0v) is 13.1. The smallest absolute Gasteiger partial charge is 0.471 e. The molecular formula is C16H19F3N2O3. The summed E-state index contributed by atoms with van der Waals surface area (Å²) in [5.74, 6) is -1.38. The molecule has 1 heterocycles. The number of hydrogen-bond acceptors (Lipinski definition) is 3. The fraction of sp³-hybridized carbons (Fsp3) is 0.500. The van der Waals surface area contributed by atoms with Crippen LogP contribution in [-0.4, -0.2) is 60.6 Å². The van der Waals surface area contributed by atoms with Crippen LogP contribution in [0, 0.1) is 0 Å². The van der Waals surface area contributed by atoms with Crippen molar-refractivity contribution in [3.8, 4) is 5.75 Å². The number of halogens is 3. The van der Waals surface area contributed by atoms with E-state index in [1.807, 2.05) is 18.2 Å². The third-order valence-electron chi connectivity index (χ3n) is 3.71. The van der Waals surface area contributed by atoms with Gasteiger partial charge in [-0.1, -0.05) is 18.2 Å².